The number of carbonyl (C=O) groups excluding carboxylic acids is 1. The monoisotopic (exact) mass is 430 g/mol. The van der Waals surface area contributed by atoms with Crippen molar-refractivity contribution in [1.29, 1.82) is 0 Å². The topological polar surface area (TPSA) is 75.7 Å². The van der Waals surface area contributed by atoms with Crippen molar-refractivity contribution in [2.75, 3.05) is 24.6 Å². The number of nitrogens with one attached hydrogen (secondary N) is 1. The summed E-state index contributed by atoms with van der Waals surface area (Å²) in [7, 11) is -3.65. The first-order valence-electron chi connectivity index (χ1n) is 10.2. The van der Waals surface area contributed by atoms with E-state index in [1.54, 1.807) is 23.1 Å². The lowest BCUT2D eigenvalue weighted by atomic mass is 9.87. The second-order valence-electron chi connectivity index (χ2n) is 8.62. The summed E-state index contributed by atoms with van der Waals surface area (Å²) in [4.78, 5) is 13.9. The van der Waals surface area contributed by atoms with E-state index in [-0.39, 0.29) is 29.4 Å². The Morgan fingerprint density at radius 1 is 1.10 bits per heavy atom. The van der Waals surface area contributed by atoms with Crippen LogP contribution in [0.1, 0.15) is 44.7 Å². The third-order valence-electron chi connectivity index (χ3n) is 5.23. The highest BCUT2D eigenvalue weighted by molar-refractivity contribution is 7.89. The number of sulfonamides is 1. The van der Waals surface area contributed by atoms with Crippen LogP contribution in [0.15, 0.2) is 47.4 Å². The molecule has 1 fully saturated rings. The van der Waals surface area contributed by atoms with Crippen LogP contribution in [0.5, 0.6) is 5.75 Å². The lowest BCUT2D eigenvalue weighted by molar-refractivity contribution is -0.117. The number of amides is 1. The molecule has 162 valence electrons. The molecule has 0 bridgehead atoms. The van der Waals surface area contributed by atoms with E-state index < -0.39 is 10.0 Å². The number of nitrogens with zero attached hydrogens (tertiary/aromatic N) is 1. The molecule has 0 unspecified atom stereocenters. The van der Waals surface area contributed by atoms with Gasteiger partial charge in [-0.3, -0.25) is 4.79 Å². The van der Waals surface area contributed by atoms with Crippen LogP contribution in [0.3, 0.4) is 0 Å². The minimum Gasteiger partial charge on any atom is -0.492 e. The SMILES string of the molecule is Cc1cc(S(=O)(=O)NCCOc2ccc(C(C)(C)C)cc2)ccc1N1CCCC1=O. The highest BCUT2D eigenvalue weighted by Crippen LogP contribution is 2.27. The predicted octanol–water partition coefficient (Wildman–Crippen LogP) is 3.78. The van der Waals surface area contributed by atoms with Crippen molar-refractivity contribution in [2.45, 2.75) is 50.8 Å². The Hall–Kier alpha value is -2.38. The van der Waals surface area contributed by atoms with Crippen molar-refractivity contribution in [3.05, 3.63) is 53.6 Å². The number of anilines is 1. The third kappa shape index (κ3) is 5.21. The van der Waals surface area contributed by atoms with Crippen LogP contribution in [0.2, 0.25) is 0 Å². The summed E-state index contributed by atoms with van der Waals surface area (Å²) >= 11 is 0. The fourth-order valence-electron chi connectivity index (χ4n) is 3.48. The van der Waals surface area contributed by atoms with Gasteiger partial charge in [-0.05, 0) is 60.2 Å². The highest BCUT2D eigenvalue weighted by Gasteiger charge is 2.24. The zero-order chi connectivity index (χ0) is 21.9. The van der Waals surface area contributed by atoms with Crippen LogP contribution in [-0.2, 0) is 20.2 Å². The van der Waals surface area contributed by atoms with Crippen LogP contribution in [-0.4, -0.2) is 34.0 Å². The van der Waals surface area contributed by atoms with Gasteiger partial charge in [-0.15, -0.1) is 0 Å². The molecule has 0 aliphatic carbocycles. The molecule has 1 saturated heterocycles. The van der Waals surface area contributed by atoms with Gasteiger partial charge in [0.1, 0.15) is 12.4 Å². The molecule has 1 aliphatic rings. The zero-order valence-corrected chi connectivity index (χ0v) is 18.9. The molecule has 0 aromatic heterocycles. The first-order chi connectivity index (χ1) is 14.1. The van der Waals surface area contributed by atoms with E-state index in [9.17, 15) is 13.2 Å². The fraction of sp³-hybridized carbons (Fsp3) is 0.435. The zero-order valence-electron chi connectivity index (χ0n) is 18.1. The molecule has 1 aliphatic heterocycles. The maximum Gasteiger partial charge on any atom is 0.240 e. The molecular weight excluding hydrogens is 400 g/mol. The molecular formula is C23H30N2O4S. The molecule has 0 radical (unpaired) electrons. The molecule has 30 heavy (non-hydrogen) atoms. The average molecular weight is 431 g/mol. The largest absolute Gasteiger partial charge is 0.492 e. The second-order valence-corrected chi connectivity index (χ2v) is 10.4. The first kappa shape index (κ1) is 22.3. The molecule has 1 amide bonds. The van der Waals surface area contributed by atoms with Gasteiger partial charge in [-0.25, -0.2) is 13.1 Å². The van der Waals surface area contributed by atoms with Crippen molar-refractivity contribution in [3.8, 4) is 5.75 Å². The second kappa shape index (κ2) is 8.78. The summed E-state index contributed by atoms with van der Waals surface area (Å²) in [5.74, 6) is 0.789. The van der Waals surface area contributed by atoms with E-state index in [4.69, 9.17) is 4.74 Å². The fourth-order valence-corrected chi connectivity index (χ4v) is 4.58. The molecule has 2 aromatic carbocycles. The summed E-state index contributed by atoms with van der Waals surface area (Å²) in [6.45, 7) is 9.34. The lowest BCUT2D eigenvalue weighted by Crippen LogP contribution is -2.29. The van der Waals surface area contributed by atoms with Gasteiger partial charge in [0, 0.05) is 25.2 Å². The quantitative estimate of drug-likeness (QED) is 0.679. The number of hydrogen-bond donors (Lipinski definition) is 1. The Morgan fingerprint density at radius 3 is 2.37 bits per heavy atom. The number of hydrogen-bond acceptors (Lipinski definition) is 4. The van der Waals surface area contributed by atoms with Crippen LogP contribution < -0.4 is 14.4 Å². The number of aryl methyl sites for hydroxylation is 1. The van der Waals surface area contributed by atoms with E-state index in [0.29, 0.717) is 18.7 Å². The van der Waals surface area contributed by atoms with Crippen LogP contribution >= 0.6 is 0 Å². The van der Waals surface area contributed by atoms with Crippen molar-refractivity contribution < 1.29 is 17.9 Å². The average Bonchev–Trinajstić information content (AvgIpc) is 3.10. The molecule has 1 N–H and O–H groups in total. The molecule has 0 saturated carbocycles. The minimum atomic E-state index is -3.65. The van der Waals surface area contributed by atoms with Crippen LogP contribution in [0.4, 0.5) is 5.69 Å². The Bertz CT molecular complexity index is 1010. The van der Waals surface area contributed by atoms with Crippen LogP contribution in [0, 0.1) is 6.92 Å². The molecule has 1 heterocycles. The van der Waals surface area contributed by atoms with Gasteiger partial charge < -0.3 is 9.64 Å². The van der Waals surface area contributed by atoms with Gasteiger partial charge in [0.05, 0.1) is 4.90 Å². The van der Waals surface area contributed by atoms with Gasteiger partial charge >= 0.3 is 0 Å². The van der Waals surface area contributed by atoms with Gasteiger partial charge in [-0.1, -0.05) is 32.9 Å². The van der Waals surface area contributed by atoms with E-state index in [2.05, 4.69) is 25.5 Å². The number of benzene rings is 2. The smallest absolute Gasteiger partial charge is 0.240 e. The van der Waals surface area contributed by atoms with E-state index in [1.165, 1.54) is 5.56 Å². The van der Waals surface area contributed by atoms with Gasteiger partial charge in [0.25, 0.3) is 0 Å². The van der Waals surface area contributed by atoms with Crippen LogP contribution in [0.25, 0.3) is 0 Å². The third-order valence-corrected chi connectivity index (χ3v) is 6.68. The molecule has 2 aromatic rings. The number of carbonyl (C=O) groups is 1. The summed E-state index contributed by atoms with van der Waals surface area (Å²) < 4.78 is 33.4. The Morgan fingerprint density at radius 2 is 1.80 bits per heavy atom. The van der Waals surface area contributed by atoms with Crippen molar-refractivity contribution in [2.24, 2.45) is 0 Å². The molecule has 0 spiro atoms. The van der Waals surface area contributed by atoms with Gasteiger partial charge in [-0.2, -0.15) is 0 Å². The normalized spacial score (nSPS) is 14.9. The standard InChI is InChI=1S/C23H30N2O4S/c1-17-16-20(11-12-21(17)25-14-5-6-22(25)26)30(27,28)24-13-15-29-19-9-7-18(8-10-19)23(2,3)4/h7-12,16,24H,5-6,13-15H2,1-4H3. The Labute approximate surface area is 179 Å². The predicted molar refractivity (Wildman–Crippen MR) is 119 cm³/mol. The van der Waals surface area contributed by atoms with E-state index in [0.717, 1.165) is 17.7 Å². The van der Waals surface area contributed by atoms with Crippen molar-refractivity contribution >= 4 is 21.6 Å². The van der Waals surface area contributed by atoms with Gasteiger partial charge in [0.2, 0.25) is 15.9 Å². The van der Waals surface area contributed by atoms with E-state index >= 15 is 0 Å². The number of ether oxygens (including phenoxy) is 1. The summed E-state index contributed by atoms with van der Waals surface area (Å²) in [5.41, 5.74) is 2.83. The van der Waals surface area contributed by atoms with E-state index in [1.807, 2.05) is 31.2 Å². The summed E-state index contributed by atoms with van der Waals surface area (Å²) in [5, 5.41) is 0. The summed E-state index contributed by atoms with van der Waals surface area (Å²) in [6.07, 6.45) is 1.37. The summed E-state index contributed by atoms with van der Waals surface area (Å²) in [6, 6.07) is 12.7. The molecule has 0 atom stereocenters. The highest BCUT2D eigenvalue weighted by atomic mass is 32.2. The maximum absolute atomic E-state index is 12.6. The lowest BCUT2D eigenvalue weighted by Gasteiger charge is -2.19. The maximum atomic E-state index is 12.6. The molecule has 6 nitrogen and oxygen atoms in total. The number of rotatable bonds is 7. The Kier molecular flexibility index (Phi) is 6.53. The van der Waals surface area contributed by atoms with Crippen molar-refractivity contribution in [1.82, 2.24) is 4.72 Å². The first-order valence-corrected chi connectivity index (χ1v) is 11.7. The van der Waals surface area contributed by atoms with Crippen molar-refractivity contribution in [3.63, 3.8) is 0 Å². The Balaban J connectivity index is 1.56. The minimum absolute atomic E-state index is 0.0733. The van der Waals surface area contributed by atoms with Gasteiger partial charge in [0.15, 0.2) is 0 Å². The molecule has 3 rings (SSSR count). The molecule has 7 heteroatoms.